The van der Waals surface area contributed by atoms with Crippen LogP contribution in [0.3, 0.4) is 0 Å². The molecule has 1 aromatic carbocycles. The number of sulfonamides is 1. The van der Waals surface area contributed by atoms with Crippen LogP contribution in [0.15, 0.2) is 32.3 Å². The molecule has 9 heteroatoms. The summed E-state index contributed by atoms with van der Waals surface area (Å²) >= 11 is 0. The van der Waals surface area contributed by atoms with Crippen molar-refractivity contribution in [2.24, 2.45) is 7.05 Å². The van der Waals surface area contributed by atoms with E-state index in [1.54, 1.807) is 0 Å². The van der Waals surface area contributed by atoms with Crippen molar-refractivity contribution in [3.05, 3.63) is 28.7 Å². The Labute approximate surface area is 119 Å². The van der Waals surface area contributed by atoms with E-state index in [1.807, 2.05) is 0 Å². The molecule has 1 aliphatic rings. The van der Waals surface area contributed by atoms with Gasteiger partial charge in [-0.05, 0) is 12.1 Å². The van der Waals surface area contributed by atoms with Gasteiger partial charge in [0.05, 0.1) is 22.6 Å². The number of β-amino-alcohol motifs (C(OH)–C–C–N with tert-alkyl or cyclic N) is 2. The van der Waals surface area contributed by atoms with Gasteiger partial charge >= 0.3 is 5.76 Å². The van der Waals surface area contributed by atoms with E-state index in [9.17, 15) is 23.4 Å². The molecule has 114 valence electrons. The molecule has 2 aromatic rings. The normalized spacial score (nSPS) is 24.0. The summed E-state index contributed by atoms with van der Waals surface area (Å²) in [5, 5.41) is 18.9. The van der Waals surface area contributed by atoms with Gasteiger partial charge < -0.3 is 14.6 Å². The minimum atomic E-state index is -3.86. The van der Waals surface area contributed by atoms with E-state index in [4.69, 9.17) is 4.42 Å². The molecule has 1 fully saturated rings. The van der Waals surface area contributed by atoms with E-state index in [0.717, 1.165) is 4.31 Å². The maximum atomic E-state index is 12.4. The molecule has 2 unspecified atom stereocenters. The van der Waals surface area contributed by atoms with Crippen LogP contribution in [0.4, 0.5) is 0 Å². The number of nitrogens with zero attached hydrogens (tertiary/aromatic N) is 2. The Morgan fingerprint density at radius 1 is 1.24 bits per heavy atom. The van der Waals surface area contributed by atoms with Gasteiger partial charge in [0.1, 0.15) is 0 Å². The first kappa shape index (κ1) is 14.3. The van der Waals surface area contributed by atoms with Crippen molar-refractivity contribution >= 4 is 21.1 Å². The Balaban J connectivity index is 2.05. The number of benzene rings is 1. The topological polar surface area (TPSA) is 113 Å². The van der Waals surface area contributed by atoms with Gasteiger partial charge in [0.25, 0.3) is 0 Å². The van der Waals surface area contributed by atoms with Gasteiger partial charge in [-0.3, -0.25) is 4.57 Å². The number of fused-ring (bicyclic) bond motifs is 1. The molecular weight excluding hydrogens is 300 g/mol. The van der Waals surface area contributed by atoms with Gasteiger partial charge in [-0.15, -0.1) is 0 Å². The average Bonchev–Trinajstić information content (AvgIpc) is 2.91. The van der Waals surface area contributed by atoms with Gasteiger partial charge in [-0.2, -0.15) is 4.31 Å². The van der Waals surface area contributed by atoms with Crippen molar-refractivity contribution in [2.45, 2.75) is 17.1 Å². The fraction of sp³-hybridized carbons (Fsp3) is 0.417. The summed E-state index contributed by atoms with van der Waals surface area (Å²) in [6.45, 7) is -0.333. The summed E-state index contributed by atoms with van der Waals surface area (Å²) in [5.74, 6) is -0.577. The van der Waals surface area contributed by atoms with Crippen LogP contribution in [-0.4, -0.2) is 52.8 Å². The molecule has 0 bridgehead atoms. The lowest BCUT2D eigenvalue weighted by molar-refractivity contribution is 0.0572. The third-order valence-corrected chi connectivity index (χ3v) is 5.45. The number of oxazole rings is 1. The number of rotatable bonds is 2. The predicted molar refractivity (Wildman–Crippen MR) is 72.2 cm³/mol. The Morgan fingerprint density at radius 3 is 2.48 bits per heavy atom. The highest BCUT2D eigenvalue weighted by Gasteiger charge is 2.37. The molecule has 3 rings (SSSR count). The Hall–Kier alpha value is -1.68. The Bertz CT molecular complexity index is 842. The number of aromatic nitrogens is 1. The summed E-state index contributed by atoms with van der Waals surface area (Å²) in [6.07, 6.45) is -2.20. The standard InChI is InChI=1S/C12H14N2O6S/c1-13-8-3-2-7(4-11(8)20-12(13)17)21(18,19)14-5-9(15)10(16)6-14/h2-4,9-10,15-16H,5-6H2,1H3. The van der Waals surface area contributed by atoms with Crippen LogP contribution in [0.5, 0.6) is 0 Å². The second-order valence-electron chi connectivity index (χ2n) is 5.01. The van der Waals surface area contributed by atoms with Gasteiger partial charge in [0.15, 0.2) is 5.58 Å². The highest BCUT2D eigenvalue weighted by molar-refractivity contribution is 7.89. The molecular formula is C12H14N2O6S. The van der Waals surface area contributed by atoms with E-state index in [2.05, 4.69) is 0 Å². The van der Waals surface area contributed by atoms with E-state index < -0.39 is 28.0 Å². The highest BCUT2D eigenvalue weighted by atomic mass is 32.2. The van der Waals surface area contributed by atoms with Crippen LogP contribution in [0.25, 0.3) is 11.1 Å². The molecule has 0 spiro atoms. The lowest BCUT2D eigenvalue weighted by Crippen LogP contribution is -2.29. The van der Waals surface area contributed by atoms with Crippen molar-refractivity contribution in [3.8, 4) is 0 Å². The predicted octanol–water partition coefficient (Wildman–Crippen LogP) is -1.14. The van der Waals surface area contributed by atoms with E-state index >= 15 is 0 Å². The lowest BCUT2D eigenvalue weighted by Gasteiger charge is -2.15. The van der Waals surface area contributed by atoms with Crippen LogP contribution in [0.2, 0.25) is 0 Å². The van der Waals surface area contributed by atoms with Crippen molar-refractivity contribution < 1.29 is 23.0 Å². The van der Waals surface area contributed by atoms with E-state index in [1.165, 1.54) is 29.8 Å². The van der Waals surface area contributed by atoms with Crippen molar-refractivity contribution in [1.82, 2.24) is 8.87 Å². The second kappa shape index (κ2) is 4.67. The maximum absolute atomic E-state index is 12.4. The first-order chi connectivity index (χ1) is 9.80. The molecule has 1 saturated heterocycles. The van der Waals surface area contributed by atoms with Crippen molar-refractivity contribution in [3.63, 3.8) is 0 Å². The summed E-state index contributed by atoms with van der Waals surface area (Å²) in [4.78, 5) is 11.4. The summed E-state index contributed by atoms with van der Waals surface area (Å²) in [6, 6.07) is 4.11. The van der Waals surface area contributed by atoms with Crippen molar-refractivity contribution in [1.29, 1.82) is 0 Å². The summed E-state index contributed by atoms with van der Waals surface area (Å²) in [7, 11) is -2.33. The third kappa shape index (κ3) is 2.18. The number of hydrogen-bond donors (Lipinski definition) is 2. The Kier molecular flexibility index (Phi) is 3.17. The van der Waals surface area contributed by atoms with Crippen LogP contribution in [0.1, 0.15) is 0 Å². The Morgan fingerprint density at radius 2 is 1.86 bits per heavy atom. The molecule has 2 heterocycles. The van der Waals surface area contributed by atoms with Gasteiger partial charge in [0.2, 0.25) is 10.0 Å². The van der Waals surface area contributed by atoms with E-state index in [0.29, 0.717) is 5.52 Å². The third-order valence-electron chi connectivity index (χ3n) is 3.63. The van der Waals surface area contributed by atoms with Gasteiger partial charge in [0, 0.05) is 26.2 Å². The number of hydrogen-bond acceptors (Lipinski definition) is 6. The molecule has 1 aromatic heterocycles. The zero-order valence-corrected chi connectivity index (χ0v) is 11.9. The largest absolute Gasteiger partial charge is 0.419 e. The smallest absolute Gasteiger partial charge is 0.408 e. The molecule has 0 radical (unpaired) electrons. The maximum Gasteiger partial charge on any atom is 0.419 e. The highest BCUT2D eigenvalue weighted by Crippen LogP contribution is 2.24. The van der Waals surface area contributed by atoms with Crippen molar-refractivity contribution in [2.75, 3.05) is 13.1 Å². The molecule has 2 N–H and O–H groups in total. The van der Waals surface area contributed by atoms with Crippen LogP contribution >= 0.6 is 0 Å². The van der Waals surface area contributed by atoms with E-state index in [-0.39, 0.29) is 23.6 Å². The first-order valence-corrected chi connectivity index (χ1v) is 7.70. The molecule has 8 nitrogen and oxygen atoms in total. The fourth-order valence-corrected chi connectivity index (χ4v) is 3.85. The number of aliphatic hydroxyl groups is 2. The zero-order valence-electron chi connectivity index (χ0n) is 11.1. The molecule has 0 saturated carbocycles. The zero-order chi connectivity index (χ0) is 15.4. The second-order valence-corrected chi connectivity index (χ2v) is 6.95. The van der Waals surface area contributed by atoms with Crippen LogP contribution in [-0.2, 0) is 17.1 Å². The number of aryl methyl sites for hydroxylation is 1. The number of aliphatic hydroxyl groups excluding tert-OH is 2. The molecule has 1 aliphatic heterocycles. The quantitative estimate of drug-likeness (QED) is 0.724. The van der Waals surface area contributed by atoms with Gasteiger partial charge in [-0.1, -0.05) is 0 Å². The summed E-state index contributed by atoms with van der Waals surface area (Å²) < 4.78 is 32.1. The average molecular weight is 314 g/mol. The summed E-state index contributed by atoms with van der Waals surface area (Å²) in [5.41, 5.74) is 0.657. The first-order valence-electron chi connectivity index (χ1n) is 6.26. The molecule has 2 atom stereocenters. The molecule has 0 aliphatic carbocycles. The minimum absolute atomic E-state index is 0.0503. The SMILES string of the molecule is Cn1c(=O)oc2cc(S(=O)(=O)N3CC(O)C(O)C3)ccc21. The van der Waals surface area contributed by atoms with Gasteiger partial charge in [-0.25, -0.2) is 13.2 Å². The van der Waals surface area contributed by atoms with Crippen LogP contribution in [0, 0.1) is 0 Å². The molecule has 21 heavy (non-hydrogen) atoms. The monoisotopic (exact) mass is 314 g/mol. The van der Waals surface area contributed by atoms with Crippen LogP contribution < -0.4 is 5.76 Å². The lowest BCUT2D eigenvalue weighted by atomic mass is 10.3. The molecule has 0 amide bonds. The minimum Gasteiger partial charge on any atom is -0.408 e. The fourth-order valence-electron chi connectivity index (χ4n) is 2.36.